The molecule has 3 aromatic carbocycles. The Hall–Kier alpha value is -3.53. The minimum absolute atomic E-state index is 0.0167. The van der Waals surface area contributed by atoms with Gasteiger partial charge in [0.15, 0.2) is 0 Å². The van der Waals surface area contributed by atoms with E-state index in [2.05, 4.69) is 5.32 Å². The molecule has 1 aromatic heterocycles. The standard InChI is InChI=1S/C24H22N2O2/c27-24(25-16-19-8-3-1-4-9-19)17-26-15-14-21-22(26)12-7-13-23(21)28-18-20-10-5-2-6-11-20/h1-15H,16-18H2,(H,25,27). The average Bonchev–Trinajstić information content (AvgIpc) is 3.15. The van der Waals surface area contributed by atoms with Crippen molar-refractivity contribution in [1.82, 2.24) is 9.88 Å². The Morgan fingerprint density at radius 2 is 1.54 bits per heavy atom. The molecule has 4 rings (SSSR count). The predicted octanol–water partition coefficient (Wildman–Crippen LogP) is 4.54. The van der Waals surface area contributed by atoms with Crippen LogP contribution in [-0.2, 0) is 24.5 Å². The van der Waals surface area contributed by atoms with Gasteiger partial charge in [-0.15, -0.1) is 0 Å². The summed E-state index contributed by atoms with van der Waals surface area (Å²) >= 11 is 0. The van der Waals surface area contributed by atoms with E-state index in [1.807, 2.05) is 95.7 Å². The molecule has 4 heteroatoms. The van der Waals surface area contributed by atoms with Gasteiger partial charge in [0.2, 0.25) is 5.91 Å². The van der Waals surface area contributed by atoms with E-state index in [-0.39, 0.29) is 12.5 Å². The van der Waals surface area contributed by atoms with Crippen molar-refractivity contribution in [3.05, 3.63) is 102 Å². The summed E-state index contributed by atoms with van der Waals surface area (Å²) < 4.78 is 7.96. The summed E-state index contributed by atoms with van der Waals surface area (Å²) in [6.45, 7) is 1.32. The first-order chi connectivity index (χ1) is 13.8. The first kappa shape index (κ1) is 17.9. The number of nitrogens with one attached hydrogen (secondary N) is 1. The zero-order valence-corrected chi connectivity index (χ0v) is 15.5. The van der Waals surface area contributed by atoms with E-state index >= 15 is 0 Å². The maximum Gasteiger partial charge on any atom is 0.240 e. The number of aromatic nitrogens is 1. The minimum atomic E-state index is -0.0167. The molecule has 4 nitrogen and oxygen atoms in total. The number of hydrogen-bond acceptors (Lipinski definition) is 2. The zero-order chi connectivity index (χ0) is 19.2. The van der Waals surface area contributed by atoms with Gasteiger partial charge in [0.05, 0.1) is 5.52 Å². The number of carbonyl (C=O) groups excluding carboxylic acids is 1. The summed E-state index contributed by atoms with van der Waals surface area (Å²) in [7, 11) is 0. The van der Waals surface area contributed by atoms with Gasteiger partial charge >= 0.3 is 0 Å². The van der Waals surface area contributed by atoms with Crippen LogP contribution < -0.4 is 10.1 Å². The number of hydrogen-bond donors (Lipinski definition) is 1. The summed E-state index contributed by atoms with van der Waals surface area (Å²) in [6, 6.07) is 27.9. The molecule has 1 amide bonds. The van der Waals surface area contributed by atoms with Crippen LogP contribution in [0.4, 0.5) is 0 Å². The van der Waals surface area contributed by atoms with Gasteiger partial charge in [-0.1, -0.05) is 66.7 Å². The van der Waals surface area contributed by atoms with Crippen molar-refractivity contribution in [3.8, 4) is 5.75 Å². The molecule has 0 atom stereocenters. The summed E-state index contributed by atoms with van der Waals surface area (Å²) in [5, 5.41) is 3.98. The number of rotatable bonds is 7. The molecule has 0 fully saturated rings. The first-order valence-electron chi connectivity index (χ1n) is 9.35. The lowest BCUT2D eigenvalue weighted by atomic mass is 10.2. The molecule has 140 valence electrons. The number of ether oxygens (including phenoxy) is 1. The lowest BCUT2D eigenvalue weighted by molar-refractivity contribution is -0.121. The molecule has 4 aromatic rings. The van der Waals surface area contributed by atoms with E-state index in [0.717, 1.165) is 27.8 Å². The molecule has 0 bridgehead atoms. The second-order valence-electron chi connectivity index (χ2n) is 6.67. The molecule has 0 radical (unpaired) electrons. The highest BCUT2D eigenvalue weighted by Gasteiger charge is 2.10. The van der Waals surface area contributed by atoms with E-state index in [4.69, 9.17) is 4.74 Å². The second-order valence-corrected chi connectivity index (χ2v) is 6.67. The lowest BCUT2D eigenvalue weighted by Gasteiger charge is -2.10. The lowest BCUT2D eigenvalue weighted by Crippen LogP contribution is -2.26. The zero-order valence-electron chi connectivity index (χ0n) is 15.5. The largest absolute Gasteiger partial charge is 0.488 e. The highest BCUT2D eigenvalue weighted by molar-refractivity contribution is 5.88. The van der Waals surface area contributed by atoms with Crippen molar-refractivity contribution in [3.63, 3.8) is 0 Å². The first-order valence-corrected chi connectivity index (χ1v) is 9.35. The van der Waals surface area contributed by atoms with Crippen LogP contribution in [-0.4, -0.2) is 10.5 Å². The van der Waals surface area contributed by atoms with Crippen LogP contribution in [0.3, 0.4) is 0 Å². The van der Waals surface area contributed by atoms with Crippen molar-refractivity contribution in [2.75, 3.05) is 0 Å². The molecule has 0 unspecified atom stereocenters. The van der Waals surface area contributed by atoms with E-state index in [1.165, 1.54) is 0 Å². The molecule has 0 saturated heterocycles. The third-order valence-electron chi connectivity index (χ3n) is 4.66. The third kappa shape index (κ3) is 4.23. The van der Waals surface area contributed by atoms with Gasteiger partial charge < -0.3 is 14.6 Å². The predicted molar refractivity (Wildman–Crippen MR) is 111 cm³/mol. The summed E-state index contributed by atoms with van der Waals surface area (Å²) in [5.74, 6) is 0.807. The Labute approximate surface area is 164 Å². The monoisotopic (exact) mass is 370 g/mol. The Kier molecular flexibility index (Phi) is 5.38. The molecule has 0 aliphatic carbocycles. The van der Waals surface area contributed by atoms with Gasteiger partial charge in [-0.3, -0.25) is 4.79 Å². The molecular formula is C24H22N2O2. The van der Waals surface area contributed by atoms with Crippen molar-refractivity contribution < 1.29 is 9.53 Å². The summed E-state index contributed by atoms with van der Waals surface area (Å²) in [6.07, 6.45) is 1.93. The van der Waals surface area contributed by atoms with Gasteiger partial charge in [-0.25, -0.2) is 0 Å². The Bertz CT molecular complexity index is 1060. The second kappa shape index (κ2) is 8.44. The average molecular weight is 370 g/mol. The SMILES string of the molecule is O=C(Cn1ccc2c(OCc3ccccc3)cccc21)NCc1ccccc1. The molecule has 0 aliphatic rings. The maximum atomic E-state index is 12.4. The number of benzene rings is 3. The fraction of sp³-hybridized carbons (Fsp3) is 0.125. The van der Waals surface area contributed by atoms with Crippen LogP contribution in [0, 0.1) is 0 Å². The topological polar surface area (TPSA) is 43.3 Å². The number of nitrogens with zero attached hydrogens (tertiary/aromatic N) is 1. The van der Waals surface area contributed by atoms with E-state index in [1.54, 1.807) is 0 Å². The third-order valence-corrected chi connectivity index (χ3v) is 4.66. The van der Waals surface area contributed by atoms with Crippen molar-refractivity contribution in [2.24, 2.45) is 0 Å². The van der Waals surface area contributed by atoms with Crippen LogP contribution >= 0.6 is 0 Å². The van der Waals surface area contributed by atoms with E-state index < -0.39 is 0 Å². The van der Waals surface area contributed by atoms with Crippen molar-refractivity contribution in [1.29, 1.82) is 0 Å². The normalized spacial score (nSPS) is 10.7. The number of amides is 1. The van der Waals surface area contributed by atoms with E-state index in [0.29, 0.717) is 13.2 Å². The van der Waals surface area contributed by atoms with Crippen LogP contribution in [0.2, 0.25) is 0 Å². The smallest absolute Gasteiger partial charge is 0.240 e. The molecule has 1 heterocycles. The molecule has 1 N–H and O–H groups in total. The molecule has 28 heavy (non-hydrogen) atoms. The van der Waals surface area contributed by atoms with Crippen LogP contribution in [0.1, 0.15) is 11.1 Å². The minimum Gasteiger partial charge on any atom is -0.488 e. The van der Waals surface area contributed by atoms with Gasteiger partial charge in [0, 0.05) is 18.1 Å². The Morgan fingerprint density at radius 3 is 2.29 bits per heavy atom. The summed E-state index contributed by atoms with van der Waals surface area (Å²) in [5.41, 5.74) is 3.20. The number of fused-ring (bicyclic) bond motifs is 1. The maximum absolute atomic E-state index is 12.4. The molecule has 0 aliphatic heterocycles. The fourth-order valence-corrected chi connectivity index (χ4v) is 3.20. The number of carbonyl (C=O) groups is 1. The van der Waals surface area contributed by atoms with Crippen LogP contribution in [0.25, 0.3) is 10.9 Å². The quantitative estimate of drug-likeness (QED) is 0.519. The van der Waals surface area contributed by atoms with Gasteiger partial charge in [-0.2, -0.15) is 0 Å². The molecule has 0 saturated carbocycles. The van der Waals surface area contributed by atoms with Gasteiger partial charge in [-0.05, 0) is 29.3 Å². The van der Waals surface area contributed by atoms with Crippen LogP contribution in [0.5, 0.6) is 5.75 Å². The Balaban J connectivity index is 1.43. The molecular weight excluding hydrogens is 348 g/mol. The van der Waals surface area contributed by atoms with Gasteiger partial charge in [0.25, 0.3) is 0 Å². The Morgan fingerprint density at radius 1 is 0.821 bits per heavy atom. The fourth-order valence-electron chi connectivity index (χ4n) is 3.20. The summed E-state index contributed by atoms with van der Waals surface area (Å²) in [4.78, 5) is 12.4. The van der Waals surface area contributed by atoms with Gasteiger partial charge in [0.1, 0.15) is 18.9 Å². The van der Waals surface area contributed by atoms with Crippen molar-refractivity contribution >= 4 is 16.8 Å². The molecule has 0 spiro atoms. The van der Waals surface area contributed by atoms with Crippen LogP contribution in [0.15, 0.2) is 91.1 Å². The van der Waals surface area contributed by atoms with E-state index in [9.17, 15) is 4.79 Å². The highest BCUT2D eigenvalue weighted by atomic mass is 16.5. The highest BCUT2D eigenvalue weighted by Crippen LogP contribution is 2.27. The van der Waals surface area contributed by atoms with Crippen molar-refractivity contribution in [2.45, 2.75) is 19.7 Å².